The molecule has 0 bridgehead atoms. The van der Waals surface area contributed by atoms with E-state index in [4.69, 9.17) is 5.14 Å². The van der Waals surface area contributed by atoms with Crippen molar-refractivity contribution < 1.29 is 8.42 Å². The van der Waals surface area contributed by atoms with Crippen LogP contribution in [0.25, 0.3) is 0 Å². The molecule has 1 saturated heterocycles. The van der Waals surface area contributed by atoms with E-state index in [1.54, 1.807) is 13.0 Å². The van der Waals surface area contributed by atoms with Gasteiger partial charge in [-0.2, -0.15) is 0 Å². The molecule has 0 amide bonds. The number of primary sulfonamides is 1. The van der Waals surface area contributed by atoms with E-state index in [2.05, 4.69) is 10.2 Å². The van der Waals surface area contributed by atoms with E-state index in [1.165, 1.54) is 0 Å². The molecule has 1 fully saturated rings. The number of piperazine rings is 1. The molecule has 0 aliphatic carbocycles. The van der Waals surface area contributed by atoms with E-state index >= 15 is 0 Å². The summed E-state index contributed by atoms with van der Waals surface area (Å²) in [5, 5.41) is 8.50. The Bertz CT molecular complexity index is 549. The highest BCUT2D eigenvalue weighted by Crippen LogP contribution is 2.27. The van der Waals surface area contributed by atoms with Gasteiger partial charge >= 0.3 is 0 Å². The zero-order chi connectivity index (χ0) is 13.3. The lowest BCUT2D eigenvalue weighted by atomic mass is 10.1. The molecule has 0 atom stereocenters. The summed E-state index contributed by atoms with van der Waals surface area (Å²) in [6, 6.07) is 3.46. The first-order valence-corrected chi connectivity index (χ1v) is 7.54. The summed E-state index contributed by atoms with van der Waals surface area (Å²) in [7, 11) is -3.63. The number of sulfonamides is 1. The van der Waals surface area contributed by atoms with Gasteiger partial charge in [-0.05, 0) is 37.1 Å². The molecule has 1 aliphatic heterocycles. The Morgan fingerprint density at radius 3 is 2.33 bits per heavy atom. The molecular formula is C12H19N3O2S. The van der Waals surface area contributed by atoms with Crippen LogP contribution in [0.2, 0.25) is 0 Å². The van der Waals surface area contributed by atoms with Gasteiger partial charge < -0.3 is 10.2 Å². The Hall–Kier alpha value is -1.11. The van der Waals surface area contributed by atoms with Gasteiger partial charge in [-0.1, -0.05) is 0 Å². The maximum absolute atomic E-state index is 11.4. The highest BCUT2D eigenvalue weighted by Gasteiger charge is 2.18. The molecular weight excluding hydrogens is 250 g/mol. The monoisotopic (exact) mass is 269 g/mol. The van der Waals surface area contributed by atoms with Crippen LogP contribution >= 0.6 is 0 Å². The van der Waals surface area contributed by atoms with Crippen LogP contribution in [0, 0.1) is 13.8 Å². The van der Waals surface area contributed by atoms with Crippen LogP contribution in [0.5, 0.6) is 0 Å². The summed E-state index contributed by atoms with van der Waals surface area (Å²) >= 11 is 0. The Morgan fingerprint density at radius 2 is 1.78 bits per heavy atom. The zero-order valence-corrected chi connectivity index (χ0v) is 11.5. The van der Waals surface area contributed by atoms with Crippen LogP contribution in [0.1, 0.15) is 11.1 Å². The van der Waals surface area contributed by atoms with Gasteiger partial charge in [0.2, 0.25) is 10.0 Å². The van der Waals surface area contributed by atoms with Gasteiger partial charge in [0, 0.05) is 31.9 Å². The summed E-state index contributed by atoms with van der Waals surface area (Å²) in [5.74, 6) is 0. The molecule has 1 aliphatic rings. The SMILES string of the molecule is Cc1c(N2CCNCC2)ccc(S(N)(=O)=O)c1C. The molecule has 0 unspecified atom stereocenters. The quantitative estimate of drug-likeness (QED) is 0.813. The molecule has 1 aromatic rings. The van der Waals surface area contributed by atoms with E-state index < -0.39 is 10.0 Å². The molecule has 1 aromatic carbocycles. The second-order valence-corrected chi connectivity index (χ2v) is 6.14. The van der Waals surface area contributed by atoms with Crippen LogP contribution in [-0.4, -0.2) is 34.6 Å². The minimum Gasteiger partial charge on any atom is -0.369 e. The van der Waals surface area contributed by atoms with Crippen molar-refractivity contribution in [2.45, 2.75) is 18.7 Å². The van der Waals surface area contributed by atoms with Crippen LogP contribution in [0.15, 0.2) is 17.0 Å². The number of hydrogen-bond donors (Lipinski definition) is 2. The van der Waals surface area contributed by atoms with Gasteiger partial charge in [-0.15, -0.1) is 0 Å². The summed E-state index contributed by atoms with van der Waals surface area (Å²) in [6.07, 6.45) is 0. The lowest BCUT2D eigenvalue weighted by Crippen LogP contribution is -2.43. The topological polar surface area (TPSA) is 75.4 Å². The van der Waals surface area contributed by atoms with Gasteiger partial charge in [0.25, 0.3) is 0 Å². The Labute approximate surface area is 108 Å². The smallest absolute Gasteiger partial charge is 0.238 e. The van der Waals surface area contributed by atoms with Crippen LogP contribution < -0.4 is 15.4 Å². The van der Waals surface area contributed by atoms with Gasteiger partial charge in [0.05, 0.1) is 4.90 Å². The fourth-order valence-corrected chi connectivity index (χ4v) is 3.18. The highest BCUT2D eigenvalue weighted by atomic mass is 32.2. The first kappa shape index (κ1) is 13.3. The second-order valence-electron chi connectivity index (χ2n) is 4.61. The maximum atomic E-state index is 11.4. The molecule has 3 N–H and O–H groups in total. The van der Waals surface area contributed by atoms with Gasteiger partial charge in [-0.3, -0.25) is 0 Å². The van der Waals surface area contributed by atoms with Crippen molar-refractivity contribution in [2.24, 2.45) is 5.14 Å². The average Bonchev–Trinajstić information content (AvgIpc) is 2.32. The number of rotatable bonds is 2. The number of nitrogens with one attached hydrogen (secondary N) is 1. The third-order valence-corrected chi connectivity index (χ3v) is 4.53. The minimum atomic E-state index is -3.63. The lowest BCUT2D eigenvalue weighted by Gasteiger charge is -2.31. The average molecular weight is 269 g/mol. The van der Waals surface area contributed by atoms with Crippen molar-refractivity contribution >= 4 is 15.7 Å². The number of nitrogens with two attached hydrogens (primary N) is 1. The van der Waals surface area contributed by atoms with Crippen LogP contribution in [-0.2, 0) is 10.0 Å². The fourth-order valence-electron chi connectivity index (χ4n) is 2.34. The molecule has 100 valence electrons. The standard InChI is InChI=1S/C12H19N3O2S/c1-9-10(2)12(18(13,16)17)4-3-11(9)15-7-5-14-6-8-15/h3-4,14H,5-8H2,1-2H3,(H2,13,16,17). The summed E-state index contributed by atoms with van der Waals surface area (Å²) in [5.41, 5.74) is 2.83. The zero-order valence-electron chi connectivity index (χ0n) is 10.7. The Balaban J connectivity index is 2.43. The van der Waals surface area contributed by atoms with Crippen molar-refractivity contribution in [3.05, 3.63) is 23.3 Å². The molecule has 0 radical (unpaired) electrons. The van der Waals surface area contributed by atoms with Gasteiger partial charge in [0.1, 0.15) is 0 Å². The van der Waals surface area contributed by atoms with Crippen molar-refractivity contribution in [1.29, 1.82) is 0 Å². The predicted octanol–water partition coefficient (Wildman–Crippen LogP) is 0.360. The summed E-state index contributed by atoms with van der Waals surface area (Å²) < 4.78 is 22.9. The molecule has 5 nitrogen and oxygen atoms in total. The normalized spacial score (nSPS) is 16.9. The first-order chi connectivity index (χ1) is 8.41. The Kier molecular flexibility index (Phi) is 3.61. The maximum Gasteiger partial charge on any atom is 0.238 e. The summed E-state index contributed by atoms with van der Waals surface area (Å²) in [4.78, 5) is 2.49. The highest BCUT2D eigenvalue weighted by molar-refractivity contribution is 7.89. The minimum absolute atomic E-state index is 0.221. The molecule has 0 aromatic heterocycles. The van der Waals surface area contributed by atoms with Crippen LogP contribution in [0.4, 0.5) is 5.69 Å². The van der Waals surface area contributed by atoms with E-state index in [0.29, 0.717) is 0 Å². The van der Waals surface area contributed by atoms with E-state index in [9.17, 15) is 8.42 Å². The van der Waals surface area contributed by atoms with Crippen LogP contribution in [0.3, 0.4) is 0 Å². The lowest BCUT2D eigenvalue weighted by molar-refractivity contribution is 0.587. The van der Waals surface area contributed by atoms with Crippen molar-refractivity contribution in [2.75, 3.05) is 31.1 Å². The number of nitrogens with zero attached hydrogens (tertiary/aromatic N) is 1. The van der Waals surface area contributed by atoms with E-state index in [1.807, 2.05) is 13.0 Å². The van der Waals surface area contributed by atoms with Crippen molar-refractivity contribution in [1.82, 2.24) is 5.32 Å². The third kappa shape index (κ3) is 2.50. The van der Waals surface area contributed by atoms with Crippen molar-refractivity contribution in [3.8, 4) is 0 Å². The number of benzene rings is 1. The summed E-state index contributed by atoms with van der Waals surface area (Å²) in [6.45, 7) is 7.54. The predicted molar refractivity (Wildman–Crippen MR) is 72.4 cm³/mol. The molecule has 0 spiro atoms. The number of hydrogen-bond acceptors (Lipinski definition) is 4. The molecule has 6 heteroatoms. The first-order valence-electron chi connectivity index (χ1n) is 6.00. The Morgan fingerprint density at radius 1 is 1.17 bits per heavy atom. The van der Waals surface area contributed by atoms with E-state index in [0.717, 1.165) is 43.0 Å². The van der Waals surface area contributed by atoms with Gasteiger partial charge in [-0.25, -0.2) is 13.6 Å². The fraction of sp³-hybridized carbons (Fsp3) is 0.500. The van der Waals surface area contributed by atoms with Crippen molar-refractivity contribution in [3.63, 3.8) is 0 Å². The molecule has 18 heavy (non-hydrogen) atoms. The molecule has 2 rings (SSSR count). The second kappa shape index (κ2) is 4.87. The molecule has 0 saturated carbocycles. The number of anilines is 1. The molecule has 1 heterocycles. The van der Waals surface area contributed by atoms with Gasteiger partial charge in [0.15, 0.2) is 0 Å². The van der Waals surface area contributed by atoms with E-state index in [-0.39, 0.29) is 4.90 Å². The third-order valence-electron chi connectivity index (χ3n) is 3.47. The largest absolute Gasteiger partial charge is 0.369 e.